The summed E-state index contributed by atoms with van der Waals surface area (Å²) in [6.45, 7) is 7.46. The Morgan fingerprint density at radius 1 is 0.793 bits per heavy atom. The maximum absolute atomic E-state index is 8.92. The van der Waals surface area contributed by atoms with E-state index in [2.05, 4.69) is 9.47 Å². The molecule has 0 unspecified atom stereocenters. The van der Waals surface area contributed by atoms with Crippen molar-refractivity contribution in [3.8, 4) is 0 Å². The molecule has 158 valence electrons. The van der Waals surface area contributed by atoms with Crippen LogP contribution in [0.2, 0.25) is 0 Å². The Labute approximate surface area is 152 Å². The molecule has 2 saturated heterocycles. The number of epoxide rings is 2. The van der Waals surface area contributed by atoms with Gasteiger partial charge < -0.3 is 40.2 Å². The predicted molar refractivity (Wildman–Crippen MR) is 87.8 cm³/mol. The largest absolute Gasteiger partial charge is 0.574 e. The number of carbonyl (C=O) groups excluding carboxylic acids is 1. The third-order valence-corrected chi connectivity index (χ3v) is 0.993. The molecule has 0 radical (unpaired) electrons. The van der Waals surface area contributed by atoms with Gasteiger partial charge in [0.15, 0.2) is 0 Å². The third kappa shape index (κ3) is 135000. The van der Waals surface area contributed by atoms with Crippen LogP contribution in [0.1, 0.15) is 0 Å². The van der Waals surface area contributed by atoms with Crippen molar-refractivity contribution in [2.45, 2.75) is 0 Å². The van der Waals surface area contributed by atoms with Gasteiger partial charge in [-0.2, -0.15) is 54.6 Å². The van der Waals surface area contributed by atoms with E-state index < -0.39 is 0 Å². The first-order valence-corrected chi connectivity index (χ1v) is 7.14. The van der Waals surface area contributed by atoms with E-state index in [4.69, 9.17) is 60.0 Å². The van der Waals surface area contributed by atoms with Crippen molar-refractivity contribution in [3.63, 3.8) is 0 Å². The molecule has 0 aromatic rings. The molecule has 29 heavy (non-hydrogen) atoms. The standard InChI is InChI=1S/2C2H4ClO.C2H2ClO.C2H5O2.2C2H3O.H2O.6Rf/c4*3-1-2-4;2*1-2-3-1;;;;;;;/h2*2,4H,1H2;1H2;1,3-4H,2H2;2*1H,2H2;1H2;;;;;;/q6*-1;;;;;;;. The van der Waals surface area contributed by atoms with E-state index in [1.165, 1.54) is 6.29 Å². The van der Waals surface area contributed by atoms with Crippen LogP contribution in [-0.4, -0.2) is 69.6 Å². The molecular formula is C12H23Cl3O8Rf6-6. The molecule has 2 fully saturated rings. The van der Waals surface area contributed by atoms with E-state index in [0.29, 0.717) is 6.61 Å². The van der Waals surface area contributed by atoms with Gasteiger partial charge in [-0.25, -0.2) is 19.5 Å². The Kier molecular flexibility index (Phi) is 390. The van der Waals surface area contributed by atoms with Crippen molar-refractivity contribution in [1.82, 2.24) is 0 Å². The number of aliphatic hydroxyl groups is 4. The molecule has 0 aromatic carbocycles. The van der Waals surface area contributed by atoms with Crippen molar-refractivity contribution < 1.29 is 40.2 Å². The summed E-state index contributed by atoms with van der Waals surface area (Å²) in [6.07, 6.45) is 1.45. The Balaban J connectivity index is -0.0000000142. The maximum Gasteiger partial charge on any atom is 0 e. The predicted octanol–water partition coefficient (Wildman–Crippen LogP) is 0.899. The van der Waals surface area contributed by atoms with Gasteiger partial charge in [-0.1, -0.05) is 37.5 Å². The van der Waals surface area contributed by atoms with Gasteiger partial charge >= 0.3 is 0 Å². The fourth-order valence-corrected chi connectivity index (χ4v) is 0. The first-order chi connectivity index (χ1) is 10.7. The molecular weight excluding hydrogens is 1980 g/mol. The number of rotatable bonds is 4. The number of halogens is 3. The summed E-state index contributed by atoms with van der Waals surface area (Å²) >= 11 is 14.5. The van der Waals surface area contributed by atoms with E-state index in [1.54, 1.807) is 13.2 Å². The molecule has 2 heterocycles. The third-order valence-electron chi connectivity index (χ3n) is 0.608. The molecule has 0 bridgehead atoms. The zero-order chi connectivity index (χ0) is 17.9. The number of alkyl halides is 3. The van der Waals surface area contributed by atoms with E-state index in [9.17, 15) is 0 Å². The smallest absolute Gasteiger partial charge is 0 e. The molecule has 0 saturated carbocycles. The molecule has 6 N–H and O–H groups in total. The van der Waals surface area contributed by atoms with Gasteiger partial charge in [0.2, 0.25) is 0 Å². The molecule has 0 aromatic heterocycles. The molecule has 0 amide bonds. The van der Waals surface area contributed by atoms with Crippen molar-refractivity contribution in [1.29, 1.82) is 0 Å². The second-order valence-corrected chi connectivity index (χ2v) is 3.20. The summed E-state index contributed by atoms with van der Waals surface area (Å²) in [4.78, 5) is 8.92. The second-order valence-electron chi connectivity index (χ2n) is 2.32. The molecule has 2 aliphatic heterocycles. The SMILES string of the molecule is O.O=[C-]CCl.O[CH-]CCl.O[CH-]CCl.O[CH-]CO.[CH-]1CO1.[CH-]1CO1.[Rf].[Rf].[Rf].[Rf].[Rf].[Rf]. The summed E-state index contributed by atoms with van der Waals surface area (Å²) in [5, 5.41) is 30.3. The van der Waals surface area contributed by atoms with Crippen LogP contribution in [0, 0.1) is 33.0 Å². The molecule has 0 spiro atoms. The van der Waals surface area contributed by atoms with Gasteiger partial charge in [0.05, 0.1) is 0 Å². The number of ether oxygens (including phenoxy) is 2. The summed E-state index contributed by atoms with van der Waals surface area (Å²) < 4.78 is 8.75. The molecule has 2 rings (SSSR count). The monoisotopic (exact) mass is 2000 g/mol. The quantitative estimate of drug-likeness (QED) is 0.186. The van der Waals surface area contributed by atoms with Crippen molar-refractivity contribution >= 4 is 41.1 Å². The van der Waals surface area contributed by atoms with Crippen LogP contribution in [-0.2, 0) is 14.3 Å². The topological polar surface area (TPSA) is 155 Å². The first kappa shape index (κ1) is 76.7. The van der Waals surface area contributed by atoms with E-state index in [1.807, 2.05) is 0 Å². The van der Waals surface area contributed by atoms with Gasteiger partial charge in [-0.3, -0.25) is 0 Å². The zero-order valence-corrected chi connectivity index (χ0v) is 57.2. The number of aliphatic hydroxyl groups excluding tert-OH is 4. The minimum absolute atomic E-state index is 0. The minimum Gasteiger partial charge on any atom is -0.574 e. The van der Waals surface area contributed by atoms with Gasteiger partial charge in [0.1, 0.15) is 0 Å². The second kappa shape index (κ2) is 147. The fraction of sp³-hybridized carbons (Fsp3) is 0.500. The van der Waals surface area contributed by atoms with Gasteiger partial charge in [-0.05, 0) is 0 Å². The molecule has 2 aliphatic rings. The molecule has 8 nitrogen and oxygen atoms in total. The number of hydrogen-bond donors (Lipinski definition) is 4. The van der Waals surface area contributed by atoms with E-state index in [-0.39, 0.29) is 29.7 Å². The average Bonchev–Trinajstić information content (AvgIpc) is 3.43. The maximum atomic E-state index is 8.92. The van der Waals surface area contributed by atoms with Crippen LogP contribution >= 0.6 is 34.8 Å². The van der Waals surface area contributed by atoms with Crippen LogP contribution < -0.4 is 0 Å². The van der Waals surface area contributed by atoms with Crippen LogP contribution in [0.3, 0.4) is 0 Å². The fourth-order valence-electron chi connectivity index (χ4n) is 0. The van der Waals surface area contributed by atoms with Crippen molar-refractivity contribution in [2.24, 2.45) is 0 Å². The first-order valence-electron chi connectivity index (χ1n) is 5.54. The van der Waals surface area contributed by atoms with Crippen molar-refractivity contribution in [2.75, 3.05) is 37.5 Å². The minimum atomic E-state index is -0.250. The van der Waals surface area contributed by atoms with Crippen LogP contribution in [0.25, 0.3) is 0 Å². The van der Waals surface area contributed by atoms with Crippen LogP contribution in [0.4, 0.5) is 0 Å². The normalized spacial score (nSPS) is 8.93. The average molecular weight is 2000 g/mol. The van der Waals surface area contributed by atoms with Gasteiger partial charge in [0, 0.05) is 0 Å². The molecule has 0 aliphatic carbocycles. The summed E-state index contributed by atoms with van der Waals surface area (Å²) in [7, 11) is 0. The van der Waals surface area contributed by atoms with Gasteiger partial charge in [0.25, 0.3) is 0 Å². The zero-order valence-electron chi connectivity index (χ0n) is 16.5. The van der Waals surface area contributed by atoms with Crippen LogP contribution in [0.15, 0.2) is 0 Å². The Bertz CT molecular complexity index is 149. The Morgan fingerprint density at radius 3 is 0.931 bits per heavy atom. The summed E-state index contributed by atoms with van der Waals surface area (Å²) in [5.41, 5.74) is 0. The van der Waals surface area contributed by atoms with Crippen molar-refractivity contribution in [3.05, 3.63) is 33.0 Å². The Morgan fingerprint density at radius 2 is 0.931 bits per heavy atom. The molecule has 17 heteroatoms. The Hall–Kier alpha value is -5.74. The van der Waals surface area contributed by atoms with E-state index in [0.717, 1.165) is 26.4 Å². The summed E-state index contributed by atoms with van der Waals surface area (Å²) in [6, 6.07) is 0. The summed E-state index contributed by atoms with van der Waals surface area (Å²) in [5.74, 6) is 0.431. The van der Waals surface area contributed by atoms with Crippen LogP contribution in [0.5, 0.6) is 0 Å². The molecule has 0 atom stereocenters. The van der Waals surface area contributed by atoms with E-state index >= 15 is 0 Å². The van der Waals surface area contributed by atoms with Gasteiger partial charge in [-0.15, -0.1) is 0 Å². The number of hydrogen-bond acceptors (Lipinski definition) is 7.